The summed E-state index contributed by atoms with van der Waals surface area (Å²) in [4.78, 5) is 12.0. The summed E-state index contributed by atoms with van der Waals surface area (Å²) in [5.74, 6) is -0.0326. The number of hydrogen-bond donors (Lipinski definition) is 2. The van der Waals surface area contributed by atoms with E-state index < -0.39 is 17.3 Å². The van der Waals surface area contributed by atoms with Crippen molar-refractivity contribution < 1.29 is 13.2 Å². The summed E-state index contributed by atoms with van der Waals surface area (Å²) in [6.07, 6.45) is -4.46. The number of nitrogens with zero attached hydrogens (tertiary/aromatic N) is 1. The van der Waals surface area contributed by atoms with Crippen molar-refractivity contribution in [1.29, 1.82) is 0 Å². The molecular formula is C13H14F3N3O. The predicted molar refractivity (Wildman–Crippen MR) is 69.9 cm³/mol. The van der Waals surface area contributed by atoms with Crippen molar-refractivity contribution in [3.8, 4) is 5.69 Å². The number of nitrogen functional groups attached to an aromatic ring is 1. The Balaban J connectivity index is 2.58. The van der Waals surface area contributed by atoms with Crippen molar-refractivity contribution in [2.24, 2.45) is 0 Å². The number of hydrogen-bond acceptors (Lipinski definition) is 2. The van der Waals surface area contributed by atoms with Gasteiger partial charge >= 0.3 is 6.18 Å². The zero-order chi connectivity index (χ0) is 15.1. The smallest absolute Gasteiger partial charge is 0.393 e. The number of alkyl halides is 3. The van der Waals surface area contributed by atoms with Crippen molar-refractivity contribution in [2.75, 3.05) is 5.73 Å². The normalized spacial score (nSPS) is 12.1. The highest BCUT2D eigenvalue weighted by molar-refractivity contribution is 5.46. The second-order valence-corrected chi connectivity index (χ2v) is 4.78. The lowest BCUT2D eigenvalue weighted by atomic mass is 10.1. The van der Waals surface area contributed by atoms with E-state index in [1.54, 1.807) is 0 Å². The quantitative estimate of drug-likeness (QED) is 0.891. The first kappa shape index (κ1) is 14.2. The molecule has 0 aliphatic carbocycles. The van der Waals surface area contributed by atoms with Crippen molar-refractivity contribution >= 4 is 5.69 Å². The van der Waals surface area contributed by atoms with Crippen LogP contribution in [0.15, 0.2) is 29.1 Å². The first-order chi connectivity index (χ1) is 9.21. The van der Waals surface area contributed by atoms with E-state index in [0.29, 0.717) is 5.69 Å². The fourth-order valence-electron chi connectivity index (χ4n) is 1.91. The number of H-pyrrole nitrogens is 1. The molecule has 0 spiro atoms. The Morgan fingerprint density at radius 2 is 1.95 bits per heavy atom. The molecule has 0 aliphatic rings. The highest BCUT2D eigenvalue weighted by Gasteiger charge is 2.30. The number of nitrogens with one attached hydrogen (secondary N) is 1. The van der Waals surface area contributed by atoms with Crippen LogP contribution in [0.25, 0.3) is 5.69 Å². The summed E-state index contributed by atoms with van der Waals surface area (Å²) in [7, 11) is 0. The average molecular weight is 285 g/mol. The van der Waals surface area contributed by atoms with Crippen LogP contribution in [0.4, 0.5) is 18.9 Å². The van der Waals surface area contributed by atoms with Gasteiger partial charge in [-0.05, 0) is 24.1 Å². The lowest BCUT2D eigenvalue weighted by Gasteiger charge is -2.09. The molecule has 0 saturated heterocycles. The van der Waals surface area contributed by atoms with Crippen LogP contribution in [0, 0.1) is 0 Å². The first-order valence-electron chi connectivity index (χ1n) is 6.00. The molecule has 1 heterocycles. The molecule has 0 unspecified atom stereocenters. The summed E-state index contributed by atoms with van der Waals surface area (Å²) in [5.41, 5.74) is 4.94. The Hall–Kier alpha value is -2.18. The third kappa shape index (κ3) is 2.43. The zero-order valence-electron chi connectivity index (χ0n) is 11.0. The molecule has 2 aromatic rings. The third-order valence-electron chi connectivity index (χ3n) is 2.96. The number of rotatable bonds is 2. The Bertz CT molecular complexity index is 683. The zero-order valence-corrected chi connectivity index (χ0v) is 11.0. The van der Waals surface area contributed by atoms with Crippen LogP contribution in [-0.2, 0) is 6.18 Å². The Labute approximate surface area is 113 Å². The molecule has 20 heavy (non-hydrogen) atoms. The van der Waals surface area contributed by atoms with Gasteiger partial charge in [0.05, 0.1) is 16.9 Å². The van der Waals surface area contributed by atoms with E-state index >= 15 is 0 Å². The van der Waals surface area contributed by atoms with Crippen molar-refractivity contribution in [3.63, 3.8) is 0 Å². The van der Waals surface area contributed by atoms with Crippen molar-refractivity contribution in [2.45, 2.75) is 25.9 Å². The molecule has 0 fully saturated rings. The van der Waals surface area contributed by atoms with E-state index in [0.717, 1.165) is 16.8 Å². The number of halogens is 3. The maximum absolute atomic E-state index is 12.7. The van der Waals surface area contributed by atoms with Crippen LogP contribution >= 0.6 is 0 Å². The molecule has 2 rings (SSSR count). The van der Waals surface area contributed by atoms with Crippen LogP contribution in [0.1, 0.15) is 31.0 Å². The fraction of sp³-hybridized carbons (Fsp3) is 0.308. The Morgan fingerprint density at radius 3 is 2.45 bits per heavy atom. The van der Waals surface area contributed by atoms with E-state index in [4.69, 9.17) is 5.73 Å². The van der Waals surface area contributed by atoms with Gasteiger partial charge in [0.1, 0.15) is 5.69 Å². The summed E-state index contributed by atoms with van der Waals surface area (Å²) in [6, 6.07) is 4.51. The van der Waals surface area contributed by atoms with Gasteiger partial charge in [0.2, 0.25) is 0 Å². The summed E-state index contributed by atoms with van der Waals surface area (Å²) in [6.45, 7) is 3.66. The molecule has 0 aliphatic heterocycles. The molecule has 0 bridgehead atoms. The minimum absolute atomic E-state index is 0.0254. The summed E-state index contributed by atoms with van der Waals surface area (Å²) in [5, 5.41) is 2.76. The molecule has 4 nitrogen and oxygen atoms in total. The van der Waals surface area contributed by atoms with Crippen molar-refractivity contribution in [1.82, 2.24) is 9.78 Å². The molecule has 1 aromatic carbocycles. The van der Waals surface area contributed by atoms with E-state index in [-0.39, 0.29) is 17.3 Å². The Morgan fingerprint density at radius 1 is 1.30 bits per heavy atom. The highest BCUT2D eigenvalue weighted by atomic mass is 19.4. The van der Waals surface area contributed by atoms with Crippen LogP contribution in [0.2, 0.25) is 0 Å². The number of aromatic nitrogens is 2. The fourth-order valence-corrected chi connectivity index (χ4v) is 1.91. The standard InChI is InChI=1S/C13H14F3N3O/c1-7(2)11-10(17)12(20)19(18-11)9-5-3-4-8(6-9)13(14,15)16/h3-7,18H,17H2,1-2H3. The average Bonchev–Trinajstić information content (AvgIpc) is 2.66. The van der Waals surface area contributed by atoms with Gasteiger partial charge in [0.15, 0.2) is 0 Å². The highest BCUT2D eigenvalue weighted by Crippen LogP contribution is 2.30. The van der Waals surface area contributed by atoms with Crippen LogP contribution in [0.3, 0.4) is 0 Å². The van der Waals surface area contributed by atoms with Crippen LogP contribution in [0.5, 0.6) is 0 Å². The van der Waals surface area contributed by atoms with Gasteiger partial charge in [-0.3, -0.25) is 9.89 Å². The van der Waals surface area contributed by atoms with Gasteiger partial charge < -0.3 is 5.73 Å². The SMILES string of the molecule is CC(C)c1[nH]n(-c2cccc(C(F)(F)F)c2)c(=O)c1N. The predicted octanol–water partition coefficient (Wildman–Crippen LogP) is 2.89. The van der Waals surface area contributed by atoms with Gasteiger partial charge in [0.25, 0.3) is 5.56 Å². The maximum atomic E-state index is 12.7. The van der Waals surface area contributed by atoms with Gasteiger partial charge in [0, 0.05) is 0 Å². The second-order valence-electron chi connectivity index (χ2n) is 4.78. The number of benzene rings is 1. The van der Waals surface area contributed by atoms with E-state index in [2.05, 4.69) is 5.10 Å². The third-order valence-corrected chi connectivity index (χ3v) is 2.96. The van der Waals surface area contributed by atoms with E-state index in [9.17, 15) is 18.0 Å². The van der Waals surface area contributed by atoms with E-state index in [1.807, 2.05) is 13.8 Å². The lowest BCUT2D eigenvalue weighted by Crippen LogP contribution is -2.17. The molecule has 108 valence electrons. The summed E-state index contributed by atoms with van der Waals surface area (Å²) >= 11 is 0. The molecular weight excluding hydrogens is 271 g/mol. The molecule has 0 radical (unpaired) electrons. The molecule has 3 N–H and O–H groups in total. The monoisotopic (exact) mass is 285 g/mol. The first-order valence-corrected chi connectivity index (χ1v) is 6.00. The number of nitrogens with two attached hydrogens (primary N) is 1. The van der Waals surface area contributed by atoms with Crippen LogP contribution < -0.4 is 11.3 Å². The van der Waals surface area contributed by atoms with Crippen LogP contribution in [-0.4, -0.2) is 9.78 Å². The van der Waals surface area contributed by atoms with Gasteiger partial charge in [-0.1, -0.05) is 19.9 Å². The van der Waals surface area contributed by atoms with Gasteiger partial charge in [-0.15, -0.1) is 0 Å². The number of anilines is 1. The van der Waals surface area contributed by atoms with Gasteiger partial charge in [-0.2, -0.15) is 13.2 Å². The van der Waals surface area contributed by atoms with Crippen molar-refractivity contribution in [3.05, 3.63) is 45.9 Å². The molecule has 0 saturated carbocycles. The molecule has 0 atom stereocenters. The molecule has 1 aromatic heterocycles. The minimum atomic E-state index is -4.46. The lowest BCUT2D eigenvalue weighted by molar-refractivity contribution is -0.137. The maximum Gasteiger partial charge on any atom is 0.416 e. The largest absolute Gasteiger partial charge is 0.416 e. The van der Waals surface area contributed by atoms with E-state index in [1.165, 1.54) is 12.1 Å². The Kier molecular flexibility index (Phi) is 3.37. The topological polar surface area (TPSA) is 63.8 Å². The second kappa shape index (κ2) is 4.73. The van der Waals surface area contributed by atoms with Gasteiger partial charge in [-0.25, -0.2) is 4.68 Å². The molecule has 0 amide bonds. The summed E-state index contributed by atoms with van der Waals surface area (Å²) < 4.78 is 39.1. The number of aromatic amines is 1. The minimum Gasteiger partial charge on any atom is -0.393 e. The molecule has 7 heteroatoms.